The Hall–Kier alpha value is -1.40. The largest absolute Gasteiger partial charge is 0.496 e. The second-order valence-electron chi connectivity index (χ2n) is 4.14. The normalized spacial score (nSPS) is 10.3. The number of halogens is 3. The number of carbonyl (C=O) groups is 1. The van der Waals surface area contributed by atoms with E-state index in [4.69, 9.17) is 9.47 Å². The molecular weight excluding hydrogens is 407 g/mol. The Labute approximate surface area is 138 Å². The van der Waals surface area contributed by atoms with Gasteiger partial charge in [0, 0.05) is 5.56 Å². The molecule has 0 unspecified atom stereocenters. The molecule has 21 heavy (non-hydrogen) atoms. The molecule has 0 aliphatic carbocycles. The average molecular weight is 418 g/mol. The van der Waals surface area contributed by atoms with E-state index in [1.165, 1.54) is 18.2 Å². The second kappa shape index (κ2) is 7.04. The molecule has 0 heterocycles. The van der Waals surface area contributed by atoms with Crippen LogP contribution in [0.1, 0.15) is 10.4 Å². The van der Waals surface area contributed by atoms with Crippen molar-refractivity contribution in [3.63, 3.8) is 0 Å². The number of carbonyl (C=O) groups excluding carboxylic acids is 1. The van der Waals surface area contributed by atoms with Gasteiger partial charge in [0.05, 0.1) is 16.1 Å². The maximum absolute atomic E-state index is 13.0. The fraction of sp³-hybridized carbons (Fsp3) is 0.133. The third-order valence-corrected chi connectivity index (χ3v) is 3.97. The number of ether oxygens (including phenoxy) is 2. The summed E-state index contributed by atoms with van der Waals surface area (Å²) < 4.78 is 24.6. The lowest BCUT2D eigenvalue weighted by Gasteiger charge is -2.09. The minimum atomic E-state index is -0.375. The van der Waals surface area contributed by atoms with E-state index >= 15 is 0 Å². The van der Waals surface area contributed by atoms with E-state index in [1.54, 1.807) is 25.3 Å². The molecule has 0 amide bonds. The van der Waals surface area contributed by atoms with Crippen LogP contribution in [0.3, 0.4) is 0 Å². The second-order valence-corrected chi connectivity index (χ2v) is 5.84. The summed E-state index contributed by atoms with van der Waals surface area (Å²) >= 11 is 6.51. The molecule has 0 fully saturated rings. The molecule has 0 atom stereocenters. The predicted molar refractivity (Wildman–Crippen MR) is 84.6 cm³/mol. The van der Waals surface area contributed by atoms with Crippen molar-refractivity contribution in [2.24, 2.45) is 0 Å². The highest BCUT2D eigenvalue weighted by atomic mass is 79.9. The molecule has 110 valence electrons. The third kappa shape index (κ3) is 4.04. The van der Waals surface area contributed by atoms with Crippen LogP contribution in [0, 0.1) is 5.82 Å². The van der Waals surface area contributed by atoms with Crippen molar-refractivity contribution in [1.82, 2.24) is 0 Å². The highest BCUT2D eigenvalue weighted by Gasteiger charge is 2.11. The minimum absolute atomic E-state index is 0.136. The quantitative estimate of drug-likeness (QED) is 0.666. The molecule has 0 aliphatic rings. The zero-order valence-electron chi connectivity index (χ0n) is 11.0. The van der Waals surface area contributed by atoms with E-state index in [9.17, 15) is 9.18 Å². The highest BCUT2D eigenvalue weighted by molar-refractivity contribution is 9.10. The molecule has 0 aliphatic heterocycles. The Morgan fingerprint density at radius 2 is 1.76 bits per heavy atom. The molecule has 0 saturated carbocycles. The Morgan fingerprint density at radius 1 is 1.10 bits per heavy atom. The zero-order valence-corrected chi connectivity index (χ0v) is 14.2. The lowest BCUT2D eigenvalue weighted by Crippen LogP contribution is -2.12. The number of hydrogen-bond donors (Lipinski definition) is 0. The molecule has 0 aromatic heterocycles. The van der Waals surface area contributed by atoms with Gasteiger partial charge in [0.1, 0.15) is 17.3 Å². The van der Waals surface area contributed by atoms with E-state index in [-0.39, 0.29) is 18.2 Å². The fourth-order valence-electron chi connectivity index (χ4n) is 1.66. The van der Waals surface area contributed by atoms with Gasteiger partial charge in [0.15, 0.2) is 12.4 Å². The summed E-state index contributed by atoms with van der Waals surface area (Å²) in [5.74, 6) is 0.500. The summed E-state index contributed by atoms with van der Waals surface area (Å²) in [6.45, 7) is -0.136. The van der Waals surface area contributed by atoms with Crippen LogP contribution >= 0.6 is 31.9 Å². The first-order chi connectivity index (χ1) is 10.0. The van der Waals surface area contributed by atoms with Crippen molar-refractivity contribution in [1.29, 1.82) is 0 Å². The predicted octanol–water partition coefficient (Wildman–Crippen LogP) is 4.62. The van der Waals surface area contributed by atoms with E-state index in [2.05, 4.69) is 31.9 Å². The zero-order chi connectivity index (χ0) is 15.4. The third-order valence-electron chi connectivity index (χ3n) is 2.73. The number of hydrogen-bond acceptors (Lipinski definition) is 3. The van der Waals surface area contributed by atoms with Gasteiger partial charge < -0.3 is 9.47 Å². The van der Waals surface area contributed by atoms with Gasteiger partial charge in [-0.3, -0.25) is 4.79 Å². The molecule has 2 aromatic rings. The molecule has 0 radical (unpaired) electrons. The summed E-state index contributed by atoms with van der Waals surface area (Å²) in [5.41, 5.74) is 0.501. The number of Topliss-reactive ketones (excluding diaryl/α,β-unsaturated/α-hetero) is 1. The standard InChI is InChI=1S/C15H11Br2FO3/c1-20-14-4-2-9(6-11(14)16)13(19)8-21-15-5-3-10(18)7-12(15)17/h2-7H,8H2,1H3. The van der Waals surface area contributed by atoms with Crippen molar-refractivity contribution in [2.75, 3.05) is 13.7 Å². The lowest BCUT2D eigenvalue weighted by atomic mass is 10.1. The molecular formula is C15H11Br2FO3. The van der Waals surface area contributed by atoms with Crippen LogP contribution in [0.2, 0.25) is 0 Å². The number of rotatable bonds is 5. The number of methoxy groups -OCH3 is 1. The molecule has 0 bridgehead atoms. The van der Waals surface area contributed by atoms with E-state index in [0.29, 0.717) is 26.0 Å². The highest BCUT2D eigenvalue weighted by Crippen LogP contribution is 2.27. The van der Waals surface area contributed by atoms with Crippen LogP contribution in [0.4, 0.5) is 4.39 Å². The molecule has 2 aromatic carbocycles. The first-order valence-electron chi connectivity index (χ1n) is 5.96. The maximum Gasteiger partial charge on any atom is 0.200 e. The maximum atomic E-state index is 13.0. The topological polar surface area (TPSA) is 35.5 Å². The lowest BCUT2D eigenvalue weighted by molar-refractivity contribution is 0.0921. The summed E-state index contributed by atoms with van der Waals surface area (Å²) in [6, 6.07) is 9.05. The van der Waals surface area contributed by atoms with Gasteiger partial charge in [-0.05, 0) is 68.3 Å². The summed E-state index contributed by atoms with van der Waals surface area (Å²) in [5, 5.41) is 0. The molecule has 0 saturated heterocycles. The summed E-state index contributed by atoms with van der Waals surface area (Å²) in [6.07, 6.45) is 0. The average Bonchev–Trinajstić information content (AvgIpc) is 2.46. The van der Waals surface area contributed by atoms with Crippen LogP contribution in [0.25, 0.3) is 0 Å². The molecule has 2 rings (SSSR count). The molecule has 0 N–H and O–H groups in total. The monoisotopic (exact) mass is 416 g/mol. The van der Waals surface area contributed by atoms with Crippen molar-refractivity contribution < 1.29 is 18.7 Å². The van der Waals surface area contributed by atoms with Crippen molar-refractivity contribution in [3.8, 4) is 11.5 Å². The van der Waals surface area contributed by atoms with Gasteiger partial charge in [-0.2, -0.15) is 0 Å². The Bertz CT molecular complexity index is 674. The van der Waals surface area contributed by atoms with Gasteiger partial charge in [0.25, 0.3) is 0 Å². The summed E-state index contributed by atoms with van der Waals surface area (Å²) in [7, 11) is 1.55. The van der Waals surface area contributed by atoms with Crippen LogP contribution < -0.4 is 9.47 Å². The smallest absolute Gasteiger partial charge is 0.200 e. The molecule has 3 nitrogen and oxygen atoms in total. The van der Waals surface area contributed by atoms with Gasteiger partial charge in [-0.15, -0.1) is 0 Å². The van der Waals surface area contributed by atoms with Crippen LogP contribution in [-0.2, 0) is 0 Å². The fourth-order valence-corrected chi connectivity index (χ4v) is 2.66. The minimum Gasteiger partial charge on any atom is -0.496 e. The first kappa shape index (κ1) is 16.0. The Morgan fingerprint density at radius 3 is 2.38 bits per heavy atom. The number of benzene rings is 2. The molecule has 6 heteroatoms. The first-order valence-corrected chi connectivity index (χ1v) is 7.54. The van der Waals surface area contributed by atoms with Crippen molar-refractivity contribution in [2.45, 2.75) is 0 Å². The van der Waals surface area contributed by atoms with E-state index in [0.717, 1.165) is 0 Å². The van der Waals surface area contributed by atoms with Gasteiger partial charge in [0.2, 0.25) is 0 Å². The van der Waals surface area contributed by atoms with E-state index < -0.39 is 0 Å². The number of ketones is 1. The van der Waals surface area contributed by atoms with Crippen LogP contribution in [-0.4, -0.2) is 19.5 Å². The SMILES string of the molecule is COc1ccc(C(=O)COc2ccc(F)cc2Br)cc1Br. The molecule has 0 spiro atoms. The van der Waals surface area contributed by atoms with Crippen molar-refractivity contribution >= 4 is 37.6 Å². The van der Waals surface area contributed by atoms with Gasteiger partial charge >= 0.3 is 0 Å². The van der Waals surface area contributed by atoms with Gasteiger partial charge in [-0.1, -0.05) is 0 Å². The van der Waals surface area contributed by atoms with Crippen molar-refractivity contribution in [3.05, 3.63) is 56.7 Å². The van der Waals surface area contributed by atoms with Crippen LogP contribution in [0.15, 0.2) is 45.3 Å². The van der Waals surface area contributed by atoms with E-state index in [1.807, 2.05) is 0 Å². The van der Waals surface area contributed by atoms with Crippen LogP contribution in [0.5, 0.6) is 11.5 Å². The Balaban J connectivity index is 2.06. The Kier molecular flexibility index (Phi) is 5.36. The summed E-state index contributed by atoms with van der Waals surface area (Å²) in [4.78, 5) is 12.1. The van der Waals surface area contributed by atoms with Gasteiger partial charge in [-0.25, -0.2) is 4.39 Å².